The van der Waals surface area contributed by atoms with Crippen molar-refractivity contribution in [1.29, 1.82) is 0 Å². The van der Waals surface area contributed by atoms with Crippen LogP contribution in [0.15, 0.2) is 60.7 Å². The third kappa shape index (κ3) is 14.1. The van der Waals surface area contributed by atoms with E-state index in [4.69, 9.17) is 9.47 Å². The number of para-hydroxylation sites is 2. The number of likely N-dealkylation sites (N-methyl/N-ethyl adjacent to an activating group) is 2. The van der Waals surface area contributed by atoms with Gasteiger partial charge < -0.3 is 52.4 Å². The molecule has 6 heteroatoms. The molecule has 0 bridgehead atoms. The lowest BCUT2D eigenvalue weighted by Crippen LogP contribution is -3.00. The maximum absolute atomic E-state index is 5.86. The largest absolute Gasteiger partial charge is 1.00 e. The number of unbranched alkanes of at least 4 members (excludes halogenated alkanes) is 3. The van der Waals surface area contributed by atoms with Crippen LogP contribution in [0.1, 0.15) is 25.7 Å². The third-order valence-electron chi connectivity index (χ3n) is 5.69. The van der Waals surface area contributed by atoms with Crippen LogP contribution < -0.4 is 43.4 Å². The van der Waals surface area contributed by atoms with Crippen molar-refractivity contribution in [3.8, 4) is 11.5 Å². The number of nitrogens with zero attached hydrogens (tertiary/aromatic N) is 2. The second-order valence-corrected chi connectivity index (χ2v) is 9.50. The van der Waals surface area contributed by atoms with Gasteiger partial charge in [0.25, 0.3) is 0 Å². The average molecular weight is 574 g/mol. The maximum atomic E-state index is 5.86. The molecule has 0 fully saturated rings. The van der Waals surface area contributed by atoms with E-state index < -0.39 is 0 Å². The second kappa shape index (κ2) is 16.5. The highest BCUT2D eigenvalue weighted by Crippen LogP contribution is 2.12. The fourth-order valence-electron chi connectivity index (χ4n) is 3.51. The summed E-state index contributed by atoms with van der Waals surface area (Å²) in [6, 6.07) is 20.2. The van der Waals surface area contributed by atoms with Crippen LogP contribution in [0, 0.1) is 0 Å². The molecule has 0 unspecified atom stereocenters. The highest BCUT2D eigenvalue weighted by molar-refractivity contribution is 5.21. The zero-order valence-electron chi connectivity index (χ0n) is 20.3. The summed E-state index contributed by atoms with van der Waals surface area (Å²) in [6.45, 7) is 6.05. The predicted octanol–water partition coefficient (Wildman–Crippen LogP) is -1.13. The van der Waals surface area contributed by atoms with Gasteiger partial charge in [-0.25, -0.2) is 0 Å². The number of halogens is 2. The van der Waals surface area contributed by atoms with Crippen molar-refractivity contribution in [2.24, 2.45) is 0 Å². The molecule has 0 aliphatic heterocycles. The Kier molecular flexibility index (Phi) is 16.0. The second-order valence-electron chi connectivity index (χ2n) is 9.50. The average Bonchev–Trinajstić information content (AvgIpc) is 2.72. The monoisotopic (exact) mass is 572 g/mol. The van der Waals surface area contributed by atoms with Gasteiger partial charge in [0.15, 0.2) is 0 Å². The first-order valence-electron chi connectivity index (χ1n) is 11.4. The molecular formula is C26H42Br2N2O2. The molecule has 0 aliphatic carbocycles. The summed E-state index contributed by atoms with van der Waals surface area (Å²) in [6.07, 6.45) is 5.18. The van der Waals surface area contributed by atoms with E-state index in [0.717, 1.165) is 46.8 Å². The fraction of sp³-hybridized carbons (Fsp3) is 0.538. The Bertz CT molecular complexity index is 636. The Labute approximate surface area is 217 Å². The van der Waals surface area contributed by atoms with Crippen molar-refractivity contribution in [3.05, 3.63) is 60.7 Å². The molecule has 0 atom stereocenters. The number of ether oxygens (including phenoxy) is 2. The van der Waals surface area contributed by atoms with Crippen LogP contribution in [0.4, 0.5) is 0 Å². The third-order valence-corrected chi connectivity index (χ3v) is 5.69. The molecule has 2 aromatic carbocycles. The van der Waals surface area contributed by atoms with Crippen LogP contribution in [0.3, 0.4) is 0 Å². The van der Waals surface area contributed by atoms with Crippen molar-refractivity contribution in [1.82, 2.24) is 0 Å². The molecule has 0 saturated heterocycles. The van der Waals surface area contributed by atoms with Gasteiger partial charge in [-0.3, -0.25) is 0 Å². The molecule has 2 aromatic rings. The Morgan fingerprint density at radius 2 is 0.844 bits per heavy atom. The molecule has 32 heavy (non-hydrogen) atoms. The van der Waals surface area contributed by atoms with Gasteiger partial charge >= 0.3 is 0 Å². The summed E-state index contributed by atoms with van der Waals surface area (Å²) in [5, 5.41) is 0. The summed E-state index contributed by atoms with van der Waals surface area (Å²) < 4.78 is 13.8. The van der Waals surface area contributed by atoms with Gasteiger partial charge in [0.1, 0.15) is 37.8 Å². The first kappa shape index (κ1) is 30.9. The molecule has 182 valence electrons. The molecule has 0 aliphatic rings. The van der Waals surface area contributed by atoms with Crippen molar-refractivity contribution in [3.63, 3.8) is 0 Å². The lowest BCUT2D eigenvalue weighted by atomic mass is 10.1. The number of quaternary nitrogens is 2. The number of benzene rings is 2. The Morgan fingerprint density at radius 3 is 1.19 bits per heavy atom. The van der Waals surface area contributed by atoms with Crippen LogP contribution in [0.25, 0.3) is 0 Å². The van der Waals surface area contributed by atoms with Gasteiger partial charge in [0, 0.05) is 0 Å². The van der Waals surface area contributed by atoms with Crippen LogP contribution in [0.5, 0.6) is 11.5 Å². The van der Waals surface area contributed by atoms with Crippen LogP contribution >= 0.6 is 0 Å². The van der Waals surface area contributed by atoms with Crippen LogP contribution in [-0.2, 0) is 0 Å². The quantitative estimate of drug-likeness (QED) is 0.198. The van der Waals surface area contributed by atoms with Crippen molar-refractivity contribution in [2.45, 2.75) is 25.7 Å². The molecule has 0 heterocycles. The highest BCUT2D eigenvalue weighted by atomic mass is 79.9. The van der Waals surface area contributed by atoms with E-state index in [1.54, 1.807) is 0 Å². The standard InChI is InChI=1S/C26H42N2O2.2BrH/c1-27(2,21-23-29-25-15-9-7-10-16-25)19-13-5-6-14-20-28(3,4)22-24-30-26-17-11-8-12-18-26;;/h7-12,15-18H,5-6,13-14,19-24H2,1-4H3;2*1H/q+2;;/p-2. The van der Waals surface area contributed by atoms with Gasteiger partial charge in [-0.15, -0.1) is 0 Å². The van der Waals surface area contributed by atoms with Gasteiger partial charge in [-0.05, 0) is 49.9 Å². The van der Waals surface area contributed by atoms with Crippen LogP contribution in [0.2, 0.25) is 0 Å². The zero-order chi connectivity index (χ0) is 21.7. The summed E-state index contributed by atoms with van der Waals surface area (Å²) in [5.41, 5.74) is 0. The van der Waals surface area contributed by atoms with Gasteiger partial charge in [0.2, 0.25) is 0 Å². The summed E-state index contributed by atoms with van der Waals surface area (Å²) >= 11 is 0. The first-order chi connectivity index (χ1) is 14.4. The van der Waals surface area contributed by atoms with Gasteiger partial charge in [0.05, 0.1) is 41.3 Å². The zero-order valence-corrected chi connectivity index (χ0v) is 23.5. The van der Waals surface area contributed by atoms with Gasteiger partial charge in [-0.1, -0.05) is 36.4 Å². The minimum Gasteiger partial charge on any atom is -1.00 e. The van der Waals surface area contributed by atoms with Crippen molar-refractivity contribution >= 4 is 0 Å². The maximum Gasteiger partial charge on any atom is 0.137 e. The smallest absolute Gasteiger partial charge is 0.137 e. The molecule has 0 aromatic heterocycles. The highest BCUT2D eigenvalue weighted by Gasteiger charge is 2.16. The lowest BCUT2D eigenvalue weighted by molar-refractivity contribution is -0.891. The molecule has 0 saturated carbocycles. The molecule has 2 rings (SSSR count). The van der Waals surface area contributed by atoms with Crippen LogP contribution in [-0.4, -0.2) is 76.5 Å². The first-order valence-corrected chi connectivity index (χ1v) is 11.4. The SMILES string of the molecule is C[N+](C)(CCCCCC[N+](C)(C)CCOc1ccccc1)CCOc1ccccc1.[Br-].[Br-]. The molecule has 0 amide bonds. The van der Waals surface area contributed by atoms with E-state index in [2.05, 4.69) is 28.2 Å². The topological polar surface area (TPSA) is 18.5 Å². The minimum atomic E-state index is 0. The number of hydrogen-bond acceptors (Lipinski definition) is 2. The Hall–Kier alpha value is -1.08. The molecule has 0 N–H and O–H groups in total. The van der Waals surface area contributed by atoms with E-state index in [9.17, 15) is 0 Å². The molecule has 4 nitrogen and oxygen atoms in total. The summed E-state index contributed by atoms with van der Waals surface area (Å²) in [4.78, 5) is 0. The molecular weight excluding hydrogens is 532 g/mol. The normalized spacial score (nSPS) is 11.2. The lowest BCUT2D eigenvalue weighted by Gasteiger charge is -2.30. The molecule has 0 radical (unpaired) electrons. The van der Waals surface area contributed by atoms with E-state index in [1.165, 1.54) is 38.8 Å². The summed E-state index contributed by atoms with van der Waals surface area (Å²) in [5.74, 6) is 1.93. The summed E-state index contributed by atoms with van der Waals surface area (Å²) in [7, 11) is 9.23. The van der Waals surface area contributed by atoms with E-state index in [-0.39, 0.29) is 34.0 Å². The van der Waals surface area contributed by atoms with E-state index >= 15 is 0 Å². The van der Waals surface area contributed by atoms with E-state index in [0.29, 0.717) is 0 Å². The Balaban J connectivity index is 0.00000480. The Morgan fingerprint density at radius 1 is 0.500 bits per heavy atom. The van der Waals surface area contributed by atoms with Crippen molar-refractivity contribution in [2.75, 3.05) is 67.6 Å². The predicted molar refractivity (Wildman–Crippen MR) is 126 cm³/mol. The number of rotatable bonds is 15. The number of hydrogen-bond donors (Lipinski definition) is 0. The van der Waals surface area contributed by atoms with Crippen molar-refractivity contribution < 1.29 is 52.4 Å². The van der Waals surface area contributed by atoms with Gasteiger partial charge in [-0.2, -0.15) is 0 Å². The molecule has 0 spiro atoms. The fourth-order valence-corrected chi connectivity index (χ4v) is 3.51. The van der Waals surface area contributed by atoms with E-state index in [1.807, 2.05) is 60.7 Å². The minimum absolute atomic E-state index is 0.